The summed E-state index contributed by atoms with van der Waals surface area (Å²) in [6.07, 6.45) is 3.11. The molecule has 0 heterocycles. The molecule has 0 radical (unpaired) electrons. The molecule has 156 valence electrons. The molecule has 0 saturated carbocycles. The minimum atomic E-state index is -3.30. The number of carbonyl (C=O) groups is 1. The van der Waals surface area contributed by atoms with Gasteiger partial charge in [0.05, 0.1) is 11.6 Å². The van der Waals surface area contributed by atoms with Crippen LogP contribution in [0.25, 0.3) is 0 Å². The van der Waals surface area contributed by atoms with Crippen molar-refractivity contribution in [2.45, 2.75) is 32.4 Å². The molecule has 0 bridgehead atoms. The van der Waals surface area contributed by atoms with Gasteiger partial charge in [-0.05, 0) is 43.2 Å². The molecule has 0 aliphatic heterocycles. The molecule has 2 rings (SSSR count). The van der Waals surface area contributed by atoms with Crippen molar-refractivity contribution in [2.75, 3.05) is 11.6 Å². The van der Waals surface area contributed by atoms with Gasteiger partial charge in [-0.25, -0.2) is 12.8 Å². The molecular weight excluding hydrogens is 415 g/mol. The molecule has 2 aromatic rings. The van der Waals surface area contributed by atoms with Crippen molar-refractivity contribution >= 4 is 33.0 Å². The number of benzene rings is 2. The van der Waals surface area contributed by atoms with Gasteiger partial charge in [-0.15, -0.1) is 0 Å². The number of anilines is 1. The second-order valence-corrected chi connectivity index (χ2v) is 9.08. The van der Waals surface area contributed by atoms with Gasteiger partial charge in [-0.2, -0.15) is 0 Å². The van der Waals surface area contributed by atoms with Crippen LogP contribution in [0.3, 0.4) is 0 Å². The first-order chi connectivity index (χ1) is 13.6. The molecule has 2 aromatic carbocycles. The number of halogens is 2. The van der Waals surface area contributed by atoms with E-state index in [1.165, 1.54) is 18.2 Å². The molecule has 5 nitrogen and oxygen atoms in total. The van der Waals surface area contributed by atoms with Gasteiger partial charge in [0, 0.05) is 28.4 Å². The number of sulfone groups is 1. The normalized spacial score (nSPS) is 13.8. The SMILES string of the molecule is CC[C@H](Nc1ccc(C(=O)N[C@H](C)/C=C/S(C)(=O)=O)c(F)c1)c1ccccc1Cl. The number of nitrogens with one attached hydrogen (secondary N) is 2. The topological polar surface area (TPSA) is 75.3 Å². The van der Waals surface area contributed by atoms with E-state index in [9.17, 15) is 17.6 Å². The zero-order valence-electron chi connectivity index (χ0n) is 16.4. The van der Waals surface area contributed by atoms with Gasteiger partial charge in [0.25, 0.3) is 5.91 Å². The summed E-state index contributed by atoms with van der Waals surface area (Å²) in [5.41, 5.74) is 1.31. The van der Waals surface area contributed by atoms with Gasteiger partial charge in [-0.3, -0.25) is 4.79 Å². The zero-order valence-corrected chi connectivity index (χ0v) is 18.0. The number of carbonyl (C=O) groups excluding carboxylic acids is 1. The highest BCUT2D eigenvalue weighted by molar-refractivity contribution is 7.93. The smallest absolute Gasteiger partial charge is 0.254 e. The van der Waals surface area contributed by atoms with Crippen molar-refractivity contribution in [1.29, 1.82) is 0 Å². The van der Waals surface area contributed by atoms with Crippen molar-refractivity contribution in [3.63, 3.8) is 0 Å². The van der Waals surface area contributed by atoms with Crippen molar-refractivity contribution < 1.29 is 17.6 Å². The summed E-state index contributed by atoms with van der Waals surface area (Å²) in [5, 5.41) is 7.41. The quantitative estimate of drug-likeness (QED) is 0.625. The Kier molecular flexibility index (Phi) is 7.81. The van der Waals surface area contributed by atoms with Crippen molar-refractivity contribution in [1.82, 2.24) is 5.32 Å². The van der Waals surface area contributed by atoms with Crippen LogP contribution in [0.1, 0.15) is 42.2 Å². The van der Waals surface area contributed by atoms with Crippen LogP contribution in [0.15, 0.2) is 53.9 Å². The number of hydrogen-bond donors (Lipinski definition) is 2. The summed E-state index contributed by atoms with van der Waals surface area (Å²) in [4.78, 5) is 12.3. The average Bonchev–Trinajstić information content (AvgIpc) is 2.64. The van der Waals surface area contributed by atoms with Crippen LogP contribution in [-0.2, 0) is 9.84 Å². The maximum Gasteiger partial charge on any atom is 0.254 e. The Hall–Kier alpha value is -2.38. The molecule has 0 aromatic heterocycles. The van der Waals surface area contributed by atoms with Crippen LogP contribution in [-0.4, -0.2) is 26.6 Å². The van der Waals surface area contributed by atoms with Crippen molar-refractivity contribution in [3.8, 4) is 0 Å². The zero-order chi connectivity index (χ0) is 21.6. The molecule has 29 heavy (non-hydrogen) atoms. The summed E-state index contributed by atoms with van der Waals surface area (Å²) < 4.78 is 36.8. The molecule has 2 N–H and O–H groups in total. The molecule has 0 aliphatic carbocycles. The van der Waals surface area contributed by atoms with Gasteiger partial charge < -0.3 is 10.6 Å². The summed E-state index contributed by atoms with van der Waals surface area (Å²) in [6.45, 7) is 3.59. The lowest BCUT2D eigenvalue weighted by atomic mass is 10.0. The van der Waals surface area contributed by atoms with E-state index < -0.39 is 27.6 Å². The lowest BCUT2D eigenvalue weighted by Gasteiger charge is -2.20. The Morgan fingerprint density at radius 2 is 1.93 bits per heavy atom. The van der Waals surface area contributed by atoms with Crippen molar-refractivity contribution in [2.24, 2.45) is 0 Å². The second-order valence-electron chi connectivity index (χ2n) is 6.74. The maximum absolute atomic E-state index is 14.5. The number of hydrogen-bond acceptors (Lipinski definition) is 4. The Morgan fingerprint density at radius 3 is 2.52 bits per heavy atom. The highest BCUT2D eigenvalue weighted by atomic mass is 35.5. The number of rotatable bonds is 8. The van der Waals surface area contributed by atoms with Crippen LogP contribution in [0.5, 0.6) is 0 Å². The first-order valence-corrected chi connectivity index (χ1v) is 11.4. The minimum absolute atomic E-state index is 0.107. The van der Waals surface area contributed by atoms with Crippen LogP contribution < -0.4 is 10.6 Å². The first-order valence-electron chi connectivity index (χ1n) is 9.10. The predicted octanol–water partition coefficient (Wildman–Crippen LogP) is 4.72. The Morgan fingerprint density at radius 1 is 1.24 bits per heavy atom. The first kappa shape index (κ1) is 22.9. The largest absolute Gasteiger partial charge is 0.378 e. The van der Waals surface area contributed by atoms with E-state index in [0.29, 0.717) is 10.7 Å². The molecule has 0 spiro atoms. The lowest BCUT2D eigenvalue weighted by Crippen LogP contribution is -2.31. The third-order valence-corrected chi connectivity index (χ3v) is 5.21. The predicted molar refractivity (Wildman–Crippen MR) is 115 cm³/mol. The fourth-order valence-electron chi connectivity index (χ4n) is 2.74. The van der Waals surface area contributed by atoms with Gasteiger partial charge in [0.2, 0.25) is 0 Å². The summed E-state index contributed by atoms with van der Waals surface area (Å²) in [6, 6.07) is 11.0. The van der Waals surface area contributed by atoms with E-state index in [1.807, 2.05) is 25.1 Å². The van der Waals surface area contributed by atoms with Gasteiger partial charge in [0.1, 0.15) is 5.82 Å². The number of amides is 1. The molecule has 8 heteroatoms. The molecule has 0 aliphatic rings. The summed E-state index contributed by atoms with van der Waals surface area (Å²) >= 11 is 6.25. The average molecular weight is 439 g/mol. The van der Waals surface area contributed by atoms with Gasteiger partial charge >= 0.3 is 0 Å². The van der Waals surface area contributed by atoms with E-state index in [4.69, 9.17) is 11.6 Å². The standard InChI is InChI=1S/C21H24ClFN2O3S/c1-4-20(16-7-5-6-8-18(16)22)25-15-9-10-17(19(23)13-15)21(26)24-14(2)11-12-29(3,27)28/h5-14,20,25H,4H2,1-3H3,(H,24,26)/b12-11+/t14-,20+/m1/s1. The van der Waals surface area contributed by atoms with Gasteiger partial charge in [0.15, 0.2) is 9.84 Å². The summed E-state index contributed by atoms with van der Waals surface area (Å²) in [7, 11) is -3.30. The highest BCUT2D eigenvalue weighted by Gasteiger charge is 2.16. The minimum Gasteiger partial charge on any atom is -0.378 e. The molecular formula is C21H24ClFN2O3S. The third kappa shape index (κ3) is 6.87. The second kappa shape index (κ2) is 9.89. The van der Waals surface area contributed by atoms with E-state index in [-0.39, 0.29) is 11.6 Å². The lowest BCUT2D eigenvalue weighted by molar-refractivity contribution is 0.0943. The van der Waals surface area contributed by atoms with E-state index in [0.717, 1.165) is 23.6 Å². The Balaban J connectivity index is 2.12. The van der Waals surface area contributed by atoms with Crippen molar-refractivity contribution in [3.05, 3.63) is 75.9 Å². The third-order valence-electron chi connectivity index (χ3n) is 4.22. The Bertz CT molecular complexity index is 1010. The van der Waals surface area contributed by atoms with Crippen LogP contribution in [0.4, 0.5) is 10.1 Å². The molecule has 0 saturated heterocycles. The van der Waals surface area contributed by atoms with Crippen LogP contribution >= 0.6 is 11.6 Å². The fourth-order valence-corrected chi connectivity index (χ4v) is 3.53. The summed E-state index contributed by atoms with van der Waals surface area (Å²) in [5.74, 6) is -1.31. The molecule has 0 unspecified atom stereocenters. The van der Waals surface area contributed by atoms with E-state index in [2.05, 4.69) is 10.6 Å². The Labute approximate surface area is 175 Å². The molecule has 2 atom stereocenters. The fraction of sp³-hybridized carbons (Fsp3) is 0.286. The highest BCUT2D eigenvalue weighted by Crippen LogP contribution is 2.29. The monoisotopic (exact) mass is 438 g/mol. The van der Waals surface area contributed by atoms with Crippen LogP contribution in [0, 0.1) is 5.82 Å². The van der Waals surface area contributed by atoms with Gasteiger partial charge in [-0.1, -0.05) is 42.8 Å². The molecule has 0 fully saturated rings. The van der Waals surface area contributed by atoms with E-state index in [1.54, 1.807) is 19.1 Å². The van der Waals surface area contributed by atoms with Crippen LogP contribution in [0.2, 0.25) is 5.02 Å². The van der Waals surface area contributed by atoms with E-state index >= 15 is 0 Å². The maximum atomic E-state index is 14.5. The molecule has 1 amide bonds.